The molecular formula is C9H17NO2. The first-order chi connectivity index (χ1) is 5.57. The van der Waals surface area contributed by atoms with Crippen LogP contribution < -0.4 is 5.73 Å². The van der Waals surface area contributed by atoms with Crippen LogP contribution in [0.5, 0.6) is 0 Å². The predicted octanol–water partition coefficient (Wildman–Crippen LogP) is 0.825. The zero-order chi connectivity index (χ0) is 9.56. The lowest BCUT2D eigenvalue weighted by Gasteiger charge is -2.15. The standard InChI is InChI=1S/C9H17NO2/c1-3-4-5-7(2)8(11)6-9(10)12/h3-4,7-8,11H,5-6H2,1-2H3,(H2,10,12)/t7-,8+/m1/s1. The van der Waals surface area contributed by atoms with Gasteiger partial charge in [-0.05, 0) is 19.3 Å². The highest BCUT2D eigenvalue weighted by molar-refractivity contribution is 5.74. The molecule has 0 bridgehead atoms. The second kappa shape index (κ2) is 5.77. The number of primary amides is 1. The minimum Gasteiger partial charge on any atom is -0.392 e. The van der Waals surface area contributed by atoms with Crippen molar-refractivity contribution in [3.63, 3.8) is 0 Å². The molecular weight excluding hydrogens is 154 g/mol. The molecule has 0 saturated carbocycles. The van der Waals surface area contributed by atoms with E-state index < -0.39 is 12.0 Å². The van der Waals surface area contributed by atoms with E-state index in [1.165, 1.54) is 0 Å². The van der Waals surface area contributed by atoms with Crippen molar-refractivity contribution >= 4 is 5.91 Å². The molecule has 0 radical (unpaired) electrons. The molecule has 0 aromatic carbocycles. The van der Waals surface area contributed by atoms with E-state index >= 15 is 0 Å². The van der Waals surface area contributed by atoms with Gasteiger partial charge in [-0.3, -0.25) is 4.79 Å². The summed E-state index contributed by atoms with van der Waals surface area (Å²) in [5.74, 6) is -0.358. The summed E-state index contributed by atoms with van der Waals surface area (Å²) in [4.78, 5) is 10.4. The SMILES string of the molecule is CC=CC[C@@H](C)[C@@H](O)CC(N)=O. The van der Waals surface area contributed by atoms with Crippen LogP contribution in [0, 0.1) is 5.92 Å². The Morgan fingerprint density at radius 2 is 2.25 bits per heavy atom. The fourth-order valence-corrected chi connectivity index (χ4v) is 0.915. The Labute approximate surface area is 73.3 Å². The lowest BCUT2D eigenvalue weighted by molar-refractivity contribution is -0.120. The van der Waals surface area contributed by atoms with Crippen LogP contribution in [0.2, 0.25) is 0 Å². The van der Waals surface area contributed by atoms with Gasteiger partial charge in [-0.2, -0.15) is 0 Å². The van der Waals surface area contributed by atoms with E-state index in [4.69, 9.17) is 5.73 Å². The lowest BCUT2D eigenvalue weighted by Crippen LogP contribution is -2.25. The molecule has 0 rings (SSSR count). The average Bonchev–Trinajstić information content (AvgIpc) is 1.98. The van der Waals surface area contributed by atoms with Crippen LogP contribution in [0.25, 0.3) is 0 Å². The first-order valence-electron chi connectivity index (χ1n) is 4.15. The van der Waals surface area contributed by atoms with Crippen molar-refractivity contribution in [3.8, 4) is 0 Å². The number of rotatable bonds is 5. The Bertz CT molecular complexity index is 166. The summed E-state index contributed by atoms with van der Waals surface area (Å²) in [5.41, 5.74) is 4.94. The first-order valence-corrected chi connectivity index (χ1v) is 4.15. The zero-order valence-electron chi connectivity index (χ0n) is 7.66. The number of aliphatic hydroxyl groups is 1. The van der Waals surface area contributed by atoms with E-state index in [-0.39, 0.29) is 12.3 Å². The minimum atomic E-state index is -0.612. The van der Waals surface area contributed by atoms with Crippen molar-refractivity contribution < 1.29 is 9.90 Å². The van der Waals surface area contributed by atoms with Crippen LogP contribution >= 0.6 is 0 Å². The van der Waals surface area contributed by atoms with Gasteiger partial charge in [-0.1, -0.05) is 19.1 Å². The fourth-order valence-electron chi connectivity index (χ4n) is 0.915. The molecule has 0 aromatic heterocycles. The third-order valence-corrected chi connectivity index (χ3v) is 1.81. The van der Waals surface area contributed by atoms with Gasteiger partial charge in [0.1, 0.15) is 0 Å². The molecule has 0 aliphatic heterocycles. The number of hydrogen-bond acceptors (Lipinski definition) is 2. The predicted molar refractivity (Wildman–Crippen MR) is 48.4 cm³/mol. The van der Waals surface area contributed by atoms with Crippen molar-refractivity contribution in [1.29, 1.82) is 0 Å². The van der Waals surface area contributed by atoms with E-state index in [0.29, 0.717) is 0 Å². The van der Waals surface area contributed by atoms with E-state index in [0.717, 1.165) is 6.42 Å². The first kappa shape index (κ1) is 11.2. The molecule has 3 nitrogen and oxygen atoms in total. The lowest BCUT2D eigenvalue weighted by atomic mass is 9.98. The van der Waals surface area contributed by atoms with Crippen molar-refractivity contribution in [3.05, 3.63) is 12.2 Å². The molecule has 0 aromatic rings. The Kier molecular flexibility index (Phi) is 5.37. The van der Waals surface area contributed by atoms with Gasteiger partial charge < -0.3 is 10.8 Å². The van der Waals surface area contributed by atoms with Gasteiger partial charge in [-0.25, -0.2) is 0 Å². The summed E-state index contributed by atoms with van der Waals surface area (Å²) in [7, 11) is 0. The molecule has 0 fully saturated rings. The highest BCUT2D eigenvalue weighted by Crippen LogP contribution is 2.11. The summed E-state index contributed by atoms with van der Waals surface area (Å²) in [6, 6.07) is 0. The van der Waals surface area contributed by atoms with E-state index in [2.05, 4.69) is 0 Å². The highest BCUT2D eigenvalue weighted by atomic mass is 16.3. The van der Waals surface area contributed by atoms with Gasteiger partial charge in [-0.15, -0.1) is 0 Å². The van der Waals surface area contributed by atoms with Crippen LogP contribution in [-0.2, 0) is 4.79 Å². The quantitative estimate of drug-likeness (QED) is 0.602. The number of carbonyl (C=O) groups excluding carboxylic acids is 1. The molecule has 0 aliphatic rings. The van der Waals surface area contributed by atoms with Gasteiger partial charge in [0.05, 0.1) is 12.5 Å². The minimum absolute atomic E-state index is 0.0543. The van der Waals surface area contributed by atoms with Crippen molar-refractivity contribution in [1.82, 2.24) is 0 Å². The summed E-state index contributed by atoms with van der Waals surface area (Å²) in [5, 5.41) is 9.38. The molecule has 0 spiro atoms. The van der Waals surface area contributed by atoms with Gasteiger partial charge >= 0.3 is 0 Å². The van der Waals surface area contributed by atoms with Gasteiger partial charge in [0.2, 0.25) is 5.91 Å². The molecule has 3 N–H and O–H groups in total. The van der Waals surface area contributed by atoms with Crippen molar-refractivity contribution in [2.24, 2.45) is 11.7 Å². The third-order valence-electron chi connectivity index (χ3n) is 1.81. The topological polar surface area (TPSA) is 63.3 Å². The Morgan fingerprint density at radius 3 is 2.67 bits per heavy atom. The van der Waals surface area contributed by atoms with Gasteiger partial charge in [0.15, 0.2) is 0 Å². The monoisotopic (exact) mass is 171 g/mol. The number of allylic oxidation sites excluding steroid dienone is 2. The average molecular weight is 171 g/mol. The van der Waals surface area contributed by atoms with Gasteiger partial charge in [0.25, 0.3) is 0 Å². The summed E-state index contributed by atoms with van der Waals surface area (Å²) >= 11 is 0. The van der Waals surface area contributed by atoms with Crippen LogP contribution in [-0.4, -0.2) is 17.1 Å². The van der Waals surface area contributed by atoms with Gasteiger partial charge in [0, 0.05) is 0 Å². The second-order valence-corrected chi connectivity index (χ2v) is 3.02. The Hall–Kier alpha value is -0.830. The zero-order valence-corrected chi connectivity index (χ0v) is 7.66. The van der Waals surface area contributed by atoms with E-state index in [1.807, 2.05) is 26.0 Å². The molecule has 70 valence electrons. The molecule has 3 heteroatoms. The molecule has 12 heavy (non-hydrogen) atoms. The normalized spacial score (nSPS) is 16.2. The maximum Gasteiger partial charge on any atom is 0.220 e. The fraction of sp³-hybridized carbons (Fsp3) is 0.667. The van der Waals surface area contributed by atoms with Crippen LogP contribution in [0.4, 0.5) is 0 Å². The number of hydrogen-bond donors (Lipinski definition) is 2. The van der Waals surface area contributed by atoms with Crippen molar-refractivity contribution in [2.75, 3.05) is 0 Å². The number of aliphatic hydroxyl groups excluding tert-OH is 1. The number of nitrogens with two attached hydrogens (primary N) is 1. The Balaban J connectivity index is 3.75. The summed E-state index contributed by atoms with van der Waals surface area (Å²) in [6.07, 6.45) is 4.12. The van der Waals surface area contributed by atoms with E-state index in [1.54, 1.807) is 0 Å². The molecule has 1 amide bonds. The maximum atomic E-state index is 10.4. The molecule has 2 atom stereocenters. The number of carbonyl (C=O) groups is 1. The van der Waals surface area contributed by atoms with E-state index in [9.17, 15) is 9.90 Å². The second-order valence-electron chi connectivity index (χ2n) is 3.02. The summed E-state index contributed by atoms with van der Waals surface area (Å²) < 4.78 is 0. The Morgan fingerprint density at radius 1 is 1.67 bits per heavy atom. The molecule has 0 saturated heterocycles. The van der Waals surface area contributed by atoms with Crippen molar-refractivity contribution in [2.45, 2.75) is 32.8 Å². The van der Waals surface area contributed by atoms with Crippen LogP contribution in [0.1, 0.15) is 26.7 Å². The smallest absolute Gasteiger partial charge is 0.220 e. The summed E-state index contributed by atoms with van der Waals surface area (Å²) in [6.45, 7) is 3.82. The third kappa shape index (κ3) is 4.91. The van der Waals surface area contributed by atoms with Crippen LogP contribution in [0.15, 0.2) is 12.2 Å². The van der Waals surface area contributed by atoms with Crippen LogP contribution in [0.3, 0.4) is 0 Å². The number of amides is 1. The molecule has 0 aliphatic carbocycles. The molecule has 0 unspecified atom stereocenters. The maximum absolute atomic E-state index is 10.4. The highest BCUT2D eigenvalue weighted by Gasteiger charge is 2.14. The molecule has 0 heterocycles. The largest absolute Gasteiger partial charge is 0.392 e.